The van der Waals surface area contributed by atoms with Gasteiger partial charge in [0.05, 0.1) is 5.92 Å². The van der Waals surface area contributed by atoms with Crippen molar-refractivity contribution in [1.29, 1.82) is 0 Å². The molecule has 3 rings (SSSR count). The van der Waals surface area contributed by atoms with E-state index in [0.29, 0.717) is 18.3 Å². The Morgan fingerprint density at radius 2 is 2.15 bits per heavy atom. The predicted molar refractivity (Wildman–Crippen MR) is 77.2 cm³/mol. The Hall–Kier alpha value is -1.59. The first-order valence-corrected chi connectivity index (χ1v) is 6.63. The van der Waals surface area contributed by atoms with Crippen molar-refractivity contribution in [3.05, 3.63) is 42.0 Å². The van der Waals surface area contributed by atoms with Gasteiger partial charge in [-0.2, -0.15) is 4.98 Å². The van der Waals surface area contributed by atoms with Gasteiger partial charge in [-0.05, 0) is 31.5 Å². The van der Waals surface area contributed by atoms with Gasteiger partial charge in [0.15, 0.2) is 6.61 Å². The van der Waals surface area contributed by atoms with E-state index in [0.717, 1.165) is 37.6 Å². The number of rotatable bonds is 4. The number of ether oxygens (including phenoxy) is 1. The summed E-state index contributed by atoms with van der Waals surface area (Å²) in [4.78, 5) is 4.41. The second-order valence-corrected chi connectivity index (χ2v) is 4.69. The van der Waals surface area contributed by atoms with Gasteiger partial charge < -0.3 is 14.6 Å². The van der Waals surface area contributed by atoms with Crippen molar-refractivity contribution < 1.29 is 9.26 Å². The van der Waals surface area contributed by atoms with Crippen LogP contribution in [0.15, 0.2) is 34.9 Å². The molecule has 20 heavy (non-hydrogen) atoms. The fraction of sp³-hybridized carbons (Fsp3) is 0.429. The summed E-state index contributed by atoms with van der Waals surface area (Å²) < 4.78 is 10.9. The van der Waals surface area contributed by atoms with E-state index in [1.54, 1.807) is 0 Å². The first-order valence-electron chi connectivity index (χ1n) is 6.63. The van der Waals surface area contributed by atoms with Crippen LogP contribution in [0.3, 0.4) is 0 Å². The molecular weight excluding hydrogens is 278 g/mol. The molecule has 1 unspecified atom stereocenters. The van der Waals surface area contributed by atoms with Crippen LogP contribution in [-0.2, 0) is 6.61 Å². The summed E-state index contributed by atoms with van der Waals surface area (Å²) >= 11 is 0. The number of hydrogen-bond acceptors (Lipinski definition) is 5. The Morgan fingerprint density at radius 3 is 2.90 bits per heavy atom. The van der Waals surface area contributed by atoms with Crippen molar-refractivity contribution in [2.24, 2.45) is 0 Å². The van der Waals surface area contributed by atoms with Gasteiger partial charge in [-0.25, -0.2) is 0 Å². The van der Waals surface area contributed by atoms with E-state index in [-0.39, 0.29) is 12.4 Å². The van der Waals surface area contributed by atoms with Gasteiger partial charge in [0, 0.05) is 6.54 Å². The number of halogens is 1. The molecule has 0 amide bonds. The normalized spacial score (nSPS) is 18.3. The Labute approximate surface area is 124 Å². The average molecular weight is 296 g/mol. The van der Waals surface area contributed by atoms with Crippen LogP contribution in [0, 0.1) is 0 Å². The number of hydrogen-bond donors (Lipinski definition) is 1. The molecule has 1 atom stereocenters. The van der Waals surface area contributed by atoms with E-state index in [2.05, 4.69) is 15.5 Å². The molecule has 1 N–H and O–H groups in total. The largest absolute Gasteiger partial charge is 0.485 e. The van der Waals surface area contributed by atoms with Crippen molar-refractivity contribution in [3.8, 4) is 5.75 Å². The van der Waals surface area contributed by atoms with Gasteiger partial charge in [-0.1, -0.05) is 23.4 Å². The predicted octanol–water partition coefficient (Wildman–Crippen LogP) is 2.54. The monoisotopic (exact) mass is 295 g/mol. The Balaban J connectivity index is 0.00000147. The van der Waals surface area contributed by atoms with Crippen LogP contribution in [0.4, 0.5) is 0 Å². The minimum Gasteiger partial charge on any atom is -0.485 e. The summed E-state index contributed by atoms with van der Waals surface area (Å²) in [6.45, 7) is 2.34. The minimum absolute atomic E-state index is 0. The van der Waals surface area contributed by atoms with Gasteiger partial charge >= 0.3 is 0 Å². The van der Waals surface area contributed by atoms with Gasteiger partial charge in [-0.15, -0.1) is 12.4 Å². The smallest absolute Gasteiger partial charge is 0.231 e. The summed E-state index contributed by atoms with van der Waals surface area (Å²) in [6.07, 6.45) is 2.26. The van der Waals surface area contributed by atoms with Crippen LogP contribution >= 0.6 is 12.4 Å². The van der Waals surface area contributed by atoms with Gasteiger partial charge in [-0.3, -0.25) is 0 Å². The minimum atomic E-state index is 0. The first-order chi connectivity index (χ1) is 9.42. The number of aromatic nitrogens is 2. The first kappa shape index (κ1) is 14.8. The fourth-order valence-corrected chi connectivity index (χ4v) is 2.22. The molecule has 2 heterocycles. The summed E-state index contributed by atoms with van der Waals surface area (Å²) in [5.74, 6) is 2.48. The molecular formula is C14H18ClN3O2. The third-order valence-electron chi connectivity index (χ3n) is 3.24. The van der Waals surface area contributed by atoms with E-state index in [9.17, 15) is 0 Å². The van der Waals surface area contributed by atoms with Crippen molar-refractivity contribution in [2.45, 2.75) is 25.4 Å². The number of benzene rings is 1. The Kier molecular flexibility index (Phi) is 5.38. The van der Waals surface area contributed by atoms with Crippen LogP contribution in [0.2, 0.25) is 0 Å². The quantitative estimate of drug-likeness (QED) is 0.939. The molecule has 1 aliphatic heterocycles. The van der Waals surface area contributed by atoms with Crippen LogP contribution in [0.1, 0.15) is 30.5 Å². The Morgan fingerprint density at radius 1 is 1.30 bits per heavy atom. The van der Waals surface area contributed by atoms with Crippen LogP contribution in [0.25, 0.3) is 0 Å². The molecule has 1 aromatic carbocycles. The highest BCUT2D eigenvalue weighted by atomic mass is 35.5. The van der Waals surface area contributed by atoms with Crippen LogP contribution in [0.5, 0.6) is 5.75 Å². The van der Waals surface area contributed by atoms with Crippen molar-refractivity contribution in [1.82, 2.24) is 15.5 Å². The van der Waals surface area contributed by atoms with Crippen molar-refractivity contribution >= 4 is 12.4 Å². The lowest BCUT2D eigenvalue weighted by Gasteiger charge is -2.18. The molecule has 0 radical (unpaired) electrons. The van der Waals surface area contributed by atoms with E-state index >= 15 is 0 Å². The van der Waals surface area contributed by atoms with Gasteiger partial charge in [0.2, 0.25) is 11.7 Å². The zero-order valence-electron chi connectivity index (χ0n) is 11.1. The third-order valence-corrected chi connectivity index (χ3v) is 3.24. The molecule has 6 heteroatoms. The zero-order chi connectivity index (χ0) is 12.9. The standard InChI is InChI=1S/C14H17N3O2.ClH/c1-2-6-12(7-3-1)18-10-13-16-14(19-17-13)11-5-4-8-15-9-11;/h1-3,6-7,11,15H,4-5,8-10H2;1H. The maximum Gasteiger partial charge on any atom is 0.231 e. The molecule has 1 fully saturated rings. The highest BCUT2D eigenvalue weighted by Gasteiger charge is 2.21. The molecule has 2 aromatic rings. The number of nitrogens with zero attached hydrogens (tertiary/aromatic N) is 2. The maximum atomic E-state index is 5.59. The Bertz CT molecular complexity index is 512. The number of para-hydroxylation sites is 1. The molecule has 108 valence electrons. The zero-order valence-corrected chi connectivity index (χ0v) is 11.9. The van der Waals surface area contributed by atoms with Gasteiger partial charge in [0.25, 0.3) is 0 Å². The van der Waals surface area contributed by atoms with Crippen LogP contribution < -0.4 is 10.1 Å². The molecule has 0 bridgehead atoms. The van der Waals surface area contributed by atoms with E-state index in [4.69, 9.17) is 9.26 Å². The van der Waals surface area contributed by atoms with E-state index < -0.39 is 0 Å². The van der Waals surface area contributed by atoms with Gasteiger partial charge in [0.1, 0.15) is 5.75 Å². The molecule has 5 nitrogen and oxygen atoms in total. The SMILES string of the molecule is Cl.c1ccc(OCc2noc(C3CCCNC3)n2)cc1. The van der Waals surface area contributed by atoms with Crippen molar-refractivity contribution in [3.63, 3.8) is 0 Å². The van der Waals surface area contributed by atoms with E-state index in [1.165, 1.54) is 0 Å². The molecule has 1 aromatic heterocycles. The molecule has 0 spiro atoms. The average Bonchev–Trinajstić information content (AvgIpc) is 2.96. The highest BCUT2D eigenvalue weighted by Crippen LogP contribution is 2.21. The fourth-order valence-electron chi connectivity index (χ4n) is 2.22. The molecule has 1 saturated heterocycles. The molecule has 1 aliphatic rings. The third kappa shape index (κ3) is 3.71. The molecule has 0 saturated carbocycles. The van der Waals surface area contributed by atoms with Crippen LogP contribution in [-0.4, -0.2) is 23.2 Å². The summed E-state index contributed by atoms with van der Waals surface area (Å²) in [5.41, 5.74) is 0. The van der Waals surface area contributed by atoms with Crippen molar-refractivity contribution in [2.75, 3.05) is 13.1 Å². The maximum absolute atomic E-state index is 5.59. The lowest BCUT2D eigenvalue weighted by molar-refractivity contribution is 0.281. The lowest BCUT2D eigenvalue weighted by atomic mass is 10.00. The van der Waals surface area contributed by atoms with E-state index in [1.807, 2.05) is 30.3 Å². The number of piperidine rings is 1. The summed E-state index contributed by atoms with van der Waals surface area (Å²) in [6, 6.07) is 9.64. The number of nitrogens with one attached hydrogen (secondary N) is 1. The summed E-state index contributed by atoms with van der Waals surface area (Å²) in [5, 5.41) is 7.31. The molecule has 0 aliphatic carbocycles. The highest BCUT2D eigenvalue weighted by molar-refractivity contribution is 5.85. The second kappa shape index (κ2) is 7.26. The lowest BCUT2D eigenvalue weighted by Crippen LogP contribution is -2.28. The summed E-state index contributed by atoms with van der Waals surface area (Å²) in [7, 11) is 0. The second-order valence-electron chi connectivity index (χ2n) is 4.69. The topological polar surface area (TPSA) is 60.2 Å².